The summed E-state index contributed by atoms with van der Waals surface area (Å²) in [5.74, 6) is 0.599. The lowest BCUT2D eigenvalue weighted by atomic mass is 9.76. The van der Waals surface area contributed by atoms with Gasteiger partial charge in [-0.05, 0) is 82.5 Å². The molecule has 0 aromatic heterocycles. The summed E-state index contributed by atoms with van der Waals surface area (Å²) in [5, 5.41) is 3.09. The van der Waals surface area contributed by atoms with Crippen LogP contribution in [0.5, 0.6) is 0 Å². The van der Waals surface area contributed by atoms with Gasteiger partial charge in [0.1, 0.15) is 5.78 Å². The standard InChI is InChI=1S/C35H51N3O2/c1-28(36-2)34(39)26-33(31-19-10-5-11-20-31)35(40)38-24-13-21-32(38)27-37(25-22-30-16-8-4-9-17-30)23-12-18-29-14-6-3-7-15-29/h3-4,6-9,14-17,28,31-33,36H,5,10-13,18-27H2,1-2H3/t28-,32-,33-/m0/s1. The van der Waals surface area contributed by atoms with Crippen molar-refractivity contribution in [2.24, 2.45) is 11.8 Å². The SMILES string of the molecule is CN[C@@H](C)C(=O)C[C@H](C(=O)N1CCC[C@H]1CN(CCCc1ccccc1)CCc1ccccc1)C1CCCCC1. The first-order valence-electron chi connectivity index (χ1n) is 15.9. The number of carbonyl (C=O) groups is 2. The van der Waals surface area contributed by atoms with Crippen molar-refractivity contribution in [1.29, 1.82) is 0 Å². The second-order valence-corrected chi connectivity index (χ2v) is 12.1. The van der Waals surface area contributed by atoms with Crippen LogP contribution in [0.4, 0.5) is 0 Å². The Morgan fingerprint density at radius 3 is 2.17 bits per heavy atom. The number of carbonyl (C=O) groups excluding carboxylic acids is 2. The maximum absolute atomic E-state index is 14.2. The van der Waals surface area contributed by atoms with E-state index in [4.69, 9.17) is 0 Å². The molecule has 3 atom stereocenters. The van der Waals surface area contributed by atoms with Crippen LogP contribution in [0.25, 0.3) is 0 Å². The molecule has 0 unspecified atom stereocenters. The van der Waals surface area contributed by atoms with Crippen LogP contribution in [-0.4, -0.2) is 66.8 Å². The van der Waals surface area contributed by atoms with Crippen LogP contribution in [0.15, 0.2) is 60.7 Å². The molecule has 0 radical (unpaired) electrons. The molecule has 40 heavy (non-hydrogen) atoms. The van der Waals surface area contributed by atoms with Gasteiger partial charge in [-0.1, -0.05) is 79.9 Å². The van der Waals surface area contributed by atoms with Crippen molar-refractivity contribution in [3.8, 4) is 0 Å². The van der Waals surface area contributed by atoms with Gasteiger partial charge in [0.05, 0.1) is 6.04 Å². The number of hydrogen-bond donors (Lipinski definition) is 1. The molecule has 4 rings (SSSR count). The number of benzene rings is 2. The highest BCUT2D eigenvalue weighted by Crippen LogP contribution is 2.35. The summed E-state index contributed by atoms with van der Waals surface area (Å²) in [6, 6.07) is 21.5. The summed E-state index contributed by atoms with van der Waals surface area (Å²) in [4.78, 5) is 32.0. The molecule has 1 saturated heterocycles. The van der Waals surface area contributed by atoms with Gasteiger partial charge in [-0.25, -0.2) is 0 Å². The van der Waals surface area contributed by atoms with Crippen LogP contribution in [0.1, 0.15) is 75.8 Å². The van der Waals surface area contributed by atoms with Gasteiger partial charge in [0, 0.05) is 38.0 Å². The molecule has 0 spiro atoms. The highest BCUT2D eigenvalue weighted by molar-refractivity contribution is 5.90. The number of Topliss-reactive ketones (excluding diaryl/α,β-unsaturated/α-hetero) is 1. The van der Waals surface area contributed by atoms with Crippen molar-refractivity contribution in [1.82, 2.24) is 15.1 Å². The average molecular weight is 546 g/mol. The molecule has 2 aliphatic rings. The van der Waals surface area contributed by atoms with Gasteiger partial charge in [-0.2, -0.15) is 0 Å². The van der Waals surface area contributed by atoms with Crippen LogP contribution in [0, 0.1) is 11.8 Å². The zero-order valence-corrected chi connectivity index (χ0v) is 24.9. The maximum atomic E-state index is 14.2. The lowest BCUT2D eigenvalue weighted by Gasteiger charge is -2.36. The number of aryl methyl sites for hydroxylation is 1. The van der Waals surface area contributed by atoms with E-state index in [0.29, 0.717) is 12.3 Å². The zero-order valence-electron chi connectivity index (χ0n) is 24.9. The van der Waals surface area contributed by atoms with Crippen LogP contribution in [0.3, 0.4) is 0 Å². The van der Waals surface area contributed by atoms with Crippen molar-refractivity contribution in [2.45, 2.75) is 89.6 Å². The molecule has 1 N–H and O–H groups in total. The van der Waals surface area contributed by atoms with Gasteiger partial charge in [0.25, 0.3) is 0 Å². The quantitative estimate of drug-likeness (QED) is 0.302. The maximum Gasteiger partial charge on any atom is 0.226 e. The Hall–Kier alpha value is -2.50. The topological polar surface area (TPSA) is 52.7 Å². The fourth-order valence-corrected chi connectivity index (χ4v) is 6.75. The van der Waals surface area contributed by atoms with Gasteiger partial charge >= 0.3 is 0 Å². The predicted molar refractivity (Wildman–Crippen MR) is 164 cm³/mol. The Morgan fingerprint density at radius 1 is 0.875 bits per heavy atom. The third-order valence-electron chi connectivity index (χ3n) is 9.34. The first-order valence-corrected chi connectivity index (χ1v) is 15.9. The fourth-order valence-electron chi connectivity index (χ4n) is 6.75. The number of nitrogens with one attached hydrogen (secondary N) is 1. The van der Waals surface area contributed by atoms with E-state index < -0.39 is 0 Å². The molecule has 1 amide bonds. The lowest BCUT2D eigenvalue weighted by Crippen LogP contribution is -2.48. The molecule has 218 valence electrons. The van der Waals surface area contributed by atoms with Crippen molar-refractivity contribution in [3.05, 3.63) is 71.8 Å². The van der Waals surface area contributed by atoms with E-state index in [2.05, 4.69) is 75.8 Å². The minimum absolute atomic E-state index is 0.167. The lowest BCUT2D eigenvalue weighted by molar-refractivity contribution is -0.142. The number of hydrogen-bond acceptors (Lipinski definition) is 4. The Labute approximate surface area is 242 Å². The summed E-state index contributed by atoms with van der Waals surface area (Å²) >= 11 is 0. The van der Waals surface area contributed by atoms with E-state index in [0.717, 1.165) is 71.1 Å². The molecular weight excluding hydrogens is 494 g/mol. The Balaban J connectivity index is 1.43. The van der Waals surface area contributed by atoms with Gasteiger partial charge < -0.3 is 15.1 Å². The number of amides is 1. The Kier molecular flexibility index (Phi) is 12.2. The number of ketones is 1. The average Bonchev–Trinajstić information content (AvgIpc) is 3.47. The fraction of sp³-hybridized carbons (Fsp3) is 0.600. The van der Waals surface area contributed by atoms with Gasteiger partial charge in [-0.3, -0.25) is 9.59 Å². The van der Waals surface area contributed by atoms with Crippen molar-refractivity contribution in [2.75, 3.05) is 33.2 Å². The van der Waals surface area contributed by atoms with Gasteiger partial charge in [-0.15, -0.1) is 0 Å². The van der Waals surface area contributed by atoms with E-state index in [9.17, 15) is 9.59 Å². The van der Waals surface area contributed by atoms with Gasteiger partial charge in [0.2, 0.25) is 5.91 Å². The molecule has 2 aromatic carbocycles. The molecule has 0 bridgehead atoms. The molecule has 5 heteroatoms. The monoisotopic (exact) mass is 545 g/mol. The van der Waals surface area contributed by atoms with E-state index in [-0.39, 0.29) is 29.7 Å². The van der Waals surface area contributed by atoms with Crippen LogP contribution < -0.4 is 5.32 Å². The summed E-state index contributed by atoms with van der Waals surface area (Å²) in [7, 11) is 1.83. The normalized spacial score (nSPS) is 19.6. The molecule has 1 heterocycles. The van der Waals surface area contributed by atoms with E-state index in [1.165, 1.54) is 30.4 Å². The number of likely N-dealkylation sites (tertiary alicyclic amines) is 1. The zero-order chi connectivity index (χ0) is 28.2. The van der Waals surface area contributed by atoms with Gasteiger partial charge in [0.15, 0.2) is 0 Å². The first-order chi connectivity index (χ1) is 19.5. The Bertz CT molecular complexity index is 1020. The van der Waals surface area contributed by atoms with Crippen molar-refractivity contribution < 1.29 is 9.59 Å². The third kappa shape index (κ3) is 9.01. The van der Waals surface area contributed by atoms with Crippen LogP contribution >= 0.6 is 0 Å². The molecule has 5 nitrogen and oxygen atoms in total. The molecule has 1 aliphatic carbocycles. The second-order valence-electron chi connectivity index (χ2n) is 12.1. The minimum Gasteiger partial charge on any atom is -0.338 e. The highest BCUT2D eigenvalue weighted by atomic mass is 16.2. The van der Waals surface area contributed by atoms with Crippen molar-refractivity contribution >= 4 is 11.7 Å². The largest absolute Gasteiger partial charge is 0.338 e. The third-order valence-corrected chi connectivity index (χ3v) is 9.34. The van der Waals surface area contributed by atoms with E-state index >= 15 is 0 Å². The number of nitrogens with zero attached hydrogens (tertiary/aromatic N) is 2. The molecule has 1 aliphatic heterocycles. The minimum atomic E-state index is -0.202. The summed E-state index contributed by atoms with van der Waals surface area (Å²) in [5.41, 5.74) is 2.75. The van der Waals surface area contributed by atoms with Crippen LogP contribution in [-0.2, 0) is 22.4 Å². The Morgan fingerprint density at radius 2 is 1.52 bits per heavy atom. The highest BCUT2D eigenvalue weighted by Gasteiger charge is 2.39. The van der Waals surface area contributed by atoms with E-state index in [1.807, 2.05) is 14.0 Å². The summed E-state index contributed by atoms with van der Waals surface area (Å²) < 4.78 is 0. The molecule has 1 saturated carbocycles. The smallest absolute Gasteiger partial charge is 0.226 e. The van der Waals surface area contributed by atoms with Crippen LogP contribution in [0.2, 0.25) is 0 Å². The molecule has 2 fully saturated rings. The molecule has 2 aromatic rings. The predicted octanol–water partition coefficient (Wildman–Crippen LogP) is 5.92. The number of likely N-dealkylation sites (N-methyl/N-ethyl adjacent to an activating group) is 1. The summed E-state index contributed by atoms with van der Waals surface area (Å²) in [6.45, 7) is 5.71. The first kappa shape index (κ1) is 30.5. The number of rotatable bonds is 15. The summed E-state index contributed by atoms with van der Waals surface area (Å²) in [6.07, 6.45) is 11.5. The van der Waals surface area contributed by atoms with Crippen molar-refractivity contribution in [3.63, 3.8) is 0 Å². The second kappa shape index (κ2) is 16.1. The molecular formula is C35H51N3O2. The van der Waals surface area contributed by atoms with E-state index in [1.54, 1.807) is 0 Å².